The van der Waals surface area contributed by atoms with Gasteiger partial charge in [0.1, 0.15) is 0 Å². The summed E-state index contributed by atoms with van der Waals surface area (Å²) in [6.07, 6.45) is 11.7. The van der Waals surface area contributed by atoms with Gasteiger partial charge in [-0.3, -0.25) is 9.48 Å². The molecule has 5 nitrogen and oxygen atoms in total. The zero-order chi connectivity index (χ0) is 21.2. The molecular formula is C26H34N4O. The van der Waals surface area contributed by atoms with Crippen LogP contribution >= 0.6 is 0 Å². The number of likely N-dealkylation sites (tertiary alicyclic amines) is 1. The van der Waals surface area contributed by atoms with E-state index in [0.717, 1.165) is 58.0 Å². The third-order valence-corrected chi connectivity index (χ3v) is 7.27. The summed E-state index contributed by atoms with van der Waals surface area (Å²) in [5.74, 6) is 0.134. The molecular weight excluding hydrogens is 384 g/mol. The average molecular weight is 419 g/mol. The van der Waals surface area contributed by atoms with Crippen LogP contribution in [0.5, 0.6) is 0 Å². The van der Waals surface area contributed by atoms with Gasteiger partial charge >= 0.3 is 0 Å². The second kappa shape index (κ2) is 8.99. The summed E-state index contributed by atoms with van der Waals surface area (Å²) in [7, 11) is 0. The summed E-state index contributed by atoms with van der Waals surface area (Å²) in [6, 6.07) is 9.70. The van der Waals surface area contributed by atoms with Crippen LogP contribution in [0.3, 0.4) is 0 Å². The van der Waals surface area contributed by atoms with Gasteiger partial charge in [-0.05, 0) is 56.1 Å². The number of carbonyl (C=O) groups is 1. The Morgan fingerprint density at radius 1 is 1.06 bits per heavy atom. The Balaban J connectivity index is 1.34. The lowest BCUT2D eigenvalue weighted by Crippen LogP contribution is -2.42. The summed E-state index contributed by atoms with van der Waals surface area (Å²) >= 11 is 0. The van der Waals surface area contributed by atoms with Crippen molar-refractivity contribution in [2.45, 2.75) is 76.4 Å². The fraction of sp³-hybridized carbons (Fsp3) is 0.538. The van der Waals surface area contributed by atoms with Gasteiger partial charge in [-0.1, -0.05) is 43.2 Å². The minimum atomic E-state index is 0.134. The number of hydrogen-bond donors (Lipinski definition) is 1. The van der Waals surface area contributed by atoms with E-state index >= 15 is 0 Å². The van der Waals surface area contributed by atoms with Crippen molar-refractivity contribution in [1.82, 2.24) is 20.0 Å². The Hall–Kier alpha value is -2.40. The van der Waals surface area contributed by atoms with Crippen LogP contribution in [-0.2, 0) is 32.2 Å². The van der Waals surface area contributed by atoms with E-state index in [1.807, 2.05) is 15.7 Å². The molecule has 1 amide bonds. The zero-order valence-electron chi connectivity index (χ0n) is 18.5. The summed E-state index contributed by atoms with van der Waals surface area (Å²) in [5, 5.41) is 8.73. The Kier molecular flexibility index (Phi) is 5.95. The second-order valence-electron chi connectivity index (χ2n) is 9.43. The Labute approximate surface area is 185 Å². The molecule has 2 aliphatic carbocycles. The fourth-order valence-corrected chi connectivity index (χ4v) is 5.71. The molecule has 1 N–H and O–H groups in total. The molecule has 1 aliphatic heterocycles. The standard InChI is InChI=1S/C26H34N4O/c1-2-13-30-24-12-11-21(27-22-16-19-9-5-6-10-20(19)17-22)18-23(24)25(28-30)26(31)29-14-7-3-4-8-15-29/h2,5-6,9-10,21-22,27H,1,3-4,7-8,11-18H2. The summed E-state index contributed by atoms with van der Waals surface area (Å²) in [4.78, 5) is 15.5. The van der Waals surface area contributed by atoms with Crippen LogP contribution in [0.1, 0.15) is 65.0 Å². The van der Waals surface area contributed by atoms with E-state index < -0.39 is 0 Å². The number of rotatable bonds is 5. The lowest BCUT2D eigenvalue weighted by molar-refractivity contribution is 0.0753. The Morgan fingerprint density at radius 2 is 1.77 bits per heavy atom. The first-order chi connectivity index (χ1) is 15.2. The molecule has 5 rings (SSSR count). The number of allylic oxidation sites excluding steroid dienone is 1. The monoisotopic (exact) mass is 418 g/mol. The molecule has 1 aromatic carbocycles. The van der Waals surface area contributed by atoms with Crippen LogP contribution in [0.25, 0.3) is 0 Å². The zero-order valence-corrected chi connectivity index (χ0v) is 18.5. The van der Waals surface area contributed by atoms with E-state index in [1.54, 1.807) is 0 Å². The van der Waals surface area contributed by atoms with E-state index in [4.69, 9.17) is 5.10 Å². The second-order valence-corrected chi connectivity index (χ2v) is 9.43. The Bertz CT molecular complexity index is 929. The van der Waals surface area contributed by atoms with E-state index in [0.29, 0.717) is 24.3 Å². The normalized spacial score (nSPS) is 21.4. The molecule has 164 valence electrons. The first-order valence-electron chi connectivity index (χ1n) is 12.0. The number of nitrogens with one attached hydrogen (secondary N) is 1. The van der Waals surface area contributed by atoms with Crippen molar-refractivity contribution in [3.63, 3.8) is 0 Å². The molecule has 1 aromatic heterocycles. The van der Waals surface area contributed by atoms with Crippen LogP contribution in [0, 0.1) is 0 Å². The predicted octanol–water partition coefficient (Wildman–Crippen LogP) is 3.70. The number of benzene rings is 1. The highest BCUT2D eigenvalue weighted by atomic mass is 16.2. The number of aromatic nitrogens is 2. The van der Waals surface area contributed by atoms with E-state index in [1.165, 1.54) is 35.2 Å². The van der Waals surface area contributed by atoms with Gasteiger partial charge in [0.15, 0.2) is 5.69 Å². The quantitative estimate of drug-likeness (QED) is 0.754. The van der Waals surface area contributed by atoms with Gasteiger partial charge in [-0.2, -0.15) is 5.10 Å². The number of nitrogens with zero attached hydrogens (tertiary/aromatic N) is 3. The highest BCUT2D eigenvalue weighted by Gasteiger charge is 2.32. The summed E-state index contributed by atoms with van der Waals surface area (Å²) in [5.41, 5.74) is 6.07. The van der Waals surface area contributed by atoms with Gasteiger partial charge in [0.2, 0.25) is 0 Å². The average Bonchev–Trinajstić information content (AvgIpc) is 3.22. The topological polar surface area (TPSA) is 50.2 Å². The molecule has 1 atom stereocenters. The van der Waals surface area contributed by atoms with Crippen molar-refractivity contribution in [3.05, 3.63) is 65.0 Å². The molecule has 2 heterocycles. The molecule has 1 unspecified atom stereocenters. The Morgan fingerprint density at radius 3 is 2.45 bits per heavy atom. The number of carbonyl (C=O) groups excluding carboxylic acids is 1. The minimum absolute atomic E-state index is 0.134. The highest BCUT2D eigenvalue weighted by Crippen LogP contribution is 2.29. The molecule has 5 heteroatoms. The van der Waals surface area contributed by atoms with E-state index in [-0.39, 0.29) is 5.91 Å². The number of amides is 1. The van der Waals surface area contributed by atoms with Crippen molar-refractivity contribution < 1.29 is 4.79 Å². The van der Waals surface area contributed by atoms with E-state index in [9.17, 15) is 4.79 Å². The van der Waals surface area contributed by atoms with Crippen LogP contribution in [0.15, 0.2) is 36.9 Å². The SMILES string of the molecule is C=CCn1nc(C(=O)N2CCCCCC2)c2c1CCC(NC1Cc3ccccc3C1)C2. The van der Waals surface area contributed by atoms with Crippen molar-refractivity contribution >= 4 is 5.91 Å². The van der Waals surface area contributed by atoms with Crippen LogP contribution < -0.4 is 5.32 Å². The molecule has 0 saturated carbocycles. The van der Waals surface area contributed by atoms with Gasteiger partial charge in [0.05, 0.1) is 6.54 Å². The van der Waals surface area contributed by atoms with E-state index in [2.05, 4.69) is 36.2 Å². The molecule has 3 aliphatic rings. The molecule has 0 bridgehead atoms. The fourth-order valence-electron chi connectivity index (χ4n) is 5.71. The largest absolute Gasteiger partial charge is 0.337 e. The maximum atomic E-state index is 13.4. The number of hydrogen-bond acceptors (Lipinski definition) is 3. The van der Waals surface area contributed by atoms with Gasteiger partial charge in [-0.15, -0.1) is 6.58 Å². The molecule has 0 spiro atoms. The highest BCUT2D eigenvalue weighted by molar-refractivity contribution is 5.94. The molecule has 2 aromatic rings. The third-order valence-electron chi connectivity index (χ3n) is 7.27. The smallest absolute Gasteiger partial charge is 0.274 e. The maximum Gasteiger partial charge on any atom is 0.274 e. The maximum absolute atomic E-state index is 13.4. The summed E-state index contributed by atoms with van der Waals surface area (Å²) in [6.45, 7) is 6.30. The molecule has 1 saturated heterocycles. The lowest BCUT2D eigenvalue weighted by Gasteiger charge is -2.28. The van der Waals surface area contributed by atoms with Crippen LogP contribution in [0.2, 0.25) is 0 Å². The van der Waals surface area contributed by atoms with Crippen molar-refractivity contribution in [2.24, 2.45) is 0 Å². The van der Waals surface area contributed by atoms with Crippen LogP contribution in [-0.4, -0.2) is 45.8 Å². The van der Waals surface area contributed by atoms with Gasteiger partial charge in [0.25, 0.3) is 5.91 Å². The van der Waals surface area contributed by atoms with Crippen molar-refractivity contribution in [2.75, 3.05) is 13.1 Å². The lowest BCUT2D eigenvalue weighted by atomic mass is 9.90. The van der Waals surface area contributed by atoms with Gasteiger partial charge in [-0.25, -0.2) is 0 Å². The molecule has 1 fully saturated rings. The van der Waals surface area contributed by atoms with Crippen LogP contribution in [0.4, 0.5) is 0 Å². The minimum Gasteiger partial charge on any atom is -0.337 e. The molecule has 0 radical (unpaired) electrons. The number of fused-ring (bicyclic) bond motifs is 2. The summed E-state index contributed by atoms with van der Waals surface area (Å²) < 4.78 is 2.02. The van der Waals surface area contributed by atoms with Crippen molar-refractivity contribution in [3.8, 4) is 0 Å². The van der Waals surface area contributed by atoms with Crippen molar-refractivity contribution in [1.29, 1.82) is 0 Å². The first-order valence-corrected chi connectivity index (χ1v) is 12.0. The van der Waals surface area contributed by atoms with Gasteiger partial charge in [0, 0.05) is 36.4 Å². The molecule has 31 heavy (non-hydrogen) atoms. The van der Waals surface area contributed by atoms with Gasteiger partial charge < -0.3 is 10.2 Å². The first kappa shape index (κ1) is 20.5. The third kappa shape index (κ3) is 4.20. The predicted molar refractivity (Wildman–Crippen MR) is 123 cm³/mol.